The zero-order chi connectivity index (χ0) is 13.1. The number of carbonyl (C=O) groups is 2. The Morgan fingerprint density at radius 3 is 2.47 bits per heavy atom. The third kappa shape index (κ3) is 3.97. The molecule has 1 amide bonds. The zero-order valence-electron chi connectivity index (χ0n) is 9.33. The first-order valence-corrected chi connectivity index (χ1v) is 7.09. The van der Waals surface area contributed by atoms with Crippen molar-refractivity contribution in [1.29, 1.82) is 0 Å². The van der Waals surface area contributed by atoms with Crippen molar-refractivity contribution in [3.05, 3.63) is 0 Å². The fourth-order valence-electron chi connectivity index (χ4n) is 1.85. The first kappa shape index (κ1) is 13.9. The van der Waals surface area contributed by atoms with Crippen LogP contribution < -0.4 is 5.73 Å². The number of hydrogen-bond donors (Lipinski definition) is 2. The molecule has 1 heterocycles. The monoisotopic (exact) mass is 264 g/mol. The summed E-state index contributed by atoms with van der Waals surface area (Å²) in [5.74, 6) is -1.71. The molecule has 8 heteroatoms. The van der Waals surface area contributed by atoms with Crippen LogP contribution in [0.4, 0.5) is 0 Å². The maximum absolute atomic E-state index is 11.7. The Morgan fingerprint density at radius 2 is 2.06 bits per heavy atom. The third-order valence-electron chi connectivity index (χ3n) is 2.63. The van der Waals surface area contributed by atoms with Gasteiger partial charge >= 0.3 is 5.97 Å². The molecule has 0 radical (unpaired) electrons. The van der Waals surface area contributed by atoms with E-state index < -0.39 is 34.3 Å². The molecule has 0 aliphatic carbocycles. The predicted octanol–water partition coefficient (Wildman–Crippen LogP) is -1.56. The van der Waals surface area contributed by atoms with E-state index in [0.29, 0.717) is 6.42 Å². The Labute approximate surface area is 99.5 Å². The normalized spacial score (nSPS) is 22.3. The number of rotatable bonds is 5. The first-order valence-electron chi connectivity index (χ1n) is 5.27. The van der Waals surface area contributed by atoms with Gasteiger partial charge in [0.1, 0.15) is 6.54 Å². The number of carboxylic acids is 1. The van der Waals surface area contributed by atoms with Crippen LogP contribution in [0.25, 0.3) is 0 Å². The highest BCUT2D eigenvalue weighted by Gasteiger charge is 2.35. The highest BCUT2D eigenvalue weighted by atomic mass is 32.2. The maximum Gasteiger partial charge on any atom is 0.323 e. The first-order chi connectivity index (χ1) is 7.85. The molecule has 0 aromatic heterocycles. The summed E-state index contributed by atoms with van der Waals surface area (Å²) in [7, 11) is -3.14. The molecule has 1 unspecified atom stereocenters. The van der Waals surface area contributed by atoms with Gasteiger partial charge in [0.2, 0.25) is 5.91 Å². The number of carboxylic acid groups (broad SMARTS) is 1. The smallest absolute Gasteiger partial charge is 0.323 e. The molecule has 0 spiro atoms. The average molecular weight is 264 g/mol. The molecular formula is C9H16N2O5S. The van der Waals surface area contributed by atoms with Crippen molar-refractivity contribution in [1.82, 2.24) is 4.90 Å². The summed E-state index contributed by atoms with van der Waals surface area (Å²) in [5.41, 5.74) is 5.24. The highest BCUT2D eigenvalue weighted by molar-refractivity contribution is 7.91. The minimum absolute atomic E-state index is 0.00366. The van der Waals surface area contributed by atoms with Gasteiger partial charge in [0.15, 0.2) is 9.84 Å². The van der Waals surface area contributed by atoms with Crippen LogP contribution >= 0.6 is 0 Å². The second-order valence-corrected chi connectivity index (χ2v) is 6.24. The third-order valence-corrected chi connectivity index (χ3v) is 4.38. The molecular weight excluding hydrogens is 248 g/mol. The molecule has 1 aliphatic rings. The minimum Gasteiger partial charge on any atom is -0.480 e. The van der Waals surface area contributed by atoms with E-state index in [-0.39, 0.29) is 24.5 Å². The number of amides is 1. The summed E-state index contributed by atoms with van der Waals surface area (Å²) in [6.45, 7) is -0.354. The summed E-state index contributed by atoms with van der Waals surface area (Å²) < 4.78 is 22.6. The highest BCUT2D eigenvalue weighted by Crippen LogP contribution is 2.18. The maximum atomic E-state index is 11.7. The summed E-state index contributed by atoms with van der Waals surface area (Å²) in [4.78, 5) is 23.4. The quantitative estimate of drug-likeness (QED) is 0.619. The molecule has 1 aliphatic heterocycles. The number of aliphatic carboxylic acids is 1. The molecule has 0 aromatic carbocycles. The lowest BCUT2D eigenvalue weighted by atomic mass is 10.2. The summed E-state index contributed by atoms with van der Waals surface area (Å²) in [5, 5.41) is 8.72. The Bertz CT molecular complexity index is 406. The molecule has 98 valence electrons. The van der Waals surface area contributed by atoms with Crippen molar-refractivity contribution in [3.63, 3.8) is 0 Å². The van der Waals surface area contributed by atoms with Crippen LogP contribution in [-0.2, 0) is 19.4 Å². The van der Waals surface area contributed by atoms with E-state index in [1.54, 1.807) is 0 Å². The topological polar surface area (TPSA) is 118 Å². The van der Waals surface area contributed by atoms with E-state index >= 15 is 0 Å². The average Bonchev–Trinajstić information content (AvgIpc) is 2.55. The van der Waals surface area contributed by atoms with Gasteiger partial charge in [0, 0.05) is 19.0 Å². The van der Waals surface area contributed by atoms with E-state index in [9.17, 15) is 18.0 Å². The number of carbonyl (C=O) groups excluding carboxylic acids is 1. The van der Waals surface area contributed by atoms with Crippen molar-refractivity contribution in [2.24, 2.45) is 5.73 Å². The standard InChI is InChI=1S/C9H16N2O5S/c10-3-1-8(12)11(5-9(13)14)7-2-4-17(15,16)6-7/h7H,1-6,10H2,(H,13,14). The summed E-state index contributed by atoms with van der Waals surface area (Å²) in [6.07, 6.45) is 0.329. The van der Waals surface area contributed by atoms with Crippen molar-refractivity contribution < 1.29 is 23.1 Å². The summed E-state index contributed by atoms with van der Waals surface area (Å²) >= 11 is 0. The van der Waals surface area contributed by atoms with E-state index in [1.807, 2.05) is 0 Å². The largest absolute Gasteiger partial charge is 0.480 e. The van der Waals surface area contributed by atoms with Gasteiger partial charge in [-0.05, 0) is 6.42 Å². The van der Waals surface area contributed by atoms with Crippen LogP contribution in [-0.4, -0.2) is 60.9 Å². The van der Waals surface area contributed by atoms with Crippen LogP contribution in [0.2, 0.25) is 0 Å². The van der Waals surface area contributed by atoms with Crippen molar-refractivity contribution >= 4 is 21.7 Å². The van der Waals surface area contributed by atoms with Crippen LogP contribution in [0.3, 0.4) is 0 Å². The van der Waals surface area contributed by atoms with Gasteiger partial charge in [-0.25, -0.2) is 8.42 Å². The Kier molecular flexibility index (Phi) is 4.47. The lowest BCUT2D eigenvalue weighted by Crippen LogP contribution is -2.44. The van der Waals surface area contributed by atoms with E-state index in [2.05, 4.69) is 0 Å². The molecule has 7 nitrogen and oxygen atoms in total. The van der Waals surface area contributed by atoms with Gasteiger partial charge in [-0.3, -0.25) is 9.59 Å². The molecule has 1 rings (SSSR count). The lowest BCUT2D eigenvalue weighted by Gasteiger charge is -2.26. The van der Waals surface area contributed by atoms with Crippen molar-refractivity contribution in [2.45, 2.75) is 18.9 Å². The molecule has 0 aromatic rings. The van der Waals surface area contributed by atoms with Crippen LogP contribution in [0.1, 0.15) is 12.8 Å². The number of nitrogens with zero attached hydrogens (tertiary/aromatic N) is 1. The van der Waals surface area contributed by atoms with E-state index in [1.165, 1.54) is 0 Å². The fourth-order valence-corrected chi connectivity index (χ4v) is 3.59. The fraction of sp³-hybridized carbons (Fsp3) is 0.778. The molecule has 1 saturated heterocycles. The van der Waals surface area contributed by atoms with Crippen LogP contribution in [0, 0.1) is 0 Å². The molecule has 1 fully saturated rings. The number of nitrogens with two attached hydrogens (primary N) is 1. The Morgan fingerprint density at radius 1 is 1.41 bits per heavy atom. The molecule has 17 heavy (non-hydrogen) atoms. The second-order valence-electron chi connectivity index (χ2n) is 4.01. The molecule has 0 bridgehead atoms. The zero-order valence-corrected chi connectivity index (χ0v) is 10.1. The van der Waals surface area contributed by atoms with Crippen molar-refractivity contribution in [3.8, 4) is 0 Å². The van der Waals surface area contributed by atoms with Gasteiger partial charge < -0.3 is 15.7 Å². The van der Waals surface area contributed by atoms with Crippen molar-refractivity contribution in [2.75, 3.05) is 24.6 Å². The van der Waals surface area contributed by atoms with Gasteiger partial charge in [-0.2, -0.15) is 0 Å². The lowest BCUT2D eigenvalue weighted by molar-refractivity contribution is -0.145. The Hall–Kier alpha value is -1.15. The van der Waals surface area contributed by atoms with E-state index in [4.69, 9.17) is 10.8 Å². The summed E-state index contributed by atoms with van der Waals surface area (Å²) in [6, 6.07) is -0.532. The number of sulfone groups is 1. The Balaban J connectivity index is 2.76. The van der Waals surface area contributed by atoms with Gasteiger partial charge in [0.25, 0.3) is 0 Å². The van der Waals surface area contributed by atoms with Gasteiger partial charge in [0.05, 0.1) is 11.5 Å². The van der Waals surface area contributed by atoms with Crippen LogP contribution in [0.15, 0.2) is 0 Å². The van der Waals surface area contributed by atoms with Gasteiger partial charge in [-0.1, -0.05) is 0 Å². The predicted molar refractivity (Wildman–Crippen MR) is 60.1 cm³/mol. The molecule has 3 N–H and O–H groups in total. The second kappa shape index (κ2) is 5.46. The van der Waals surface area contributed by atoms with Crippen LogP contribution in [0.5, 0.6) is 0 Å². The minimum atomic E-state index is -3.14. The van der Waals surface area contributed by atoms with Gasteiger partial charge in [-0.15, -0.1) is 0 Å². The molecule has 0 saturated carbocycles. The van der Waals surface area contributed by atoms with E-state index in [0.717, 1.165) is 4.90 Å². The number of hydrogen-bond acceptors (Lipinski definition) is 5. The SMILES string of the molecule is NCCC(=O)N(CC(=O)O)C1CCS(=O)(=O)C1. The molecule has 1 atom stereocenters.